The van der Waals surface area contributed by atoms with Crippen LogP contribution in [0.4, 0.5) is 26.3 Å². The summed E-state index contributed by atoms with van der Waals surface area (Å²) in [5, 5.41) is 9.78. The van der Waals surface area contributed by atoms with Crippen LogP contribution in [0.2, 0.25) is 0 Å². The maximum absolute atomic E-state index is 13.0. The number of carbonyl (C=O) groups excluding carboxylic acids is 1. The number of nitrogens with one attached hydrogen (secondary N) is 1. The quantitative estimate of drug-likeness (QED) is 0.769. The predicted octanol–water partition coefficient (Wildman–Crippen LogP) is 2.99. The second kappa shape index (κ2) is 7.81. The van der Waals surface area contributed by atoms with Crippen molar-refractivity contribution >= 4 is 11.6 Å². The standard InChI is InChI=1S/C17H19F6N5O/c1-10(15(29)24-9-16(18,19)20)27-6-2-3-11(7-27)14-26-25-13-5-4-12(8-28(13)14)17(21,22)23/h4-5,8,10-11H,2-3,6-7,9H2,1H3,(H,24,29). The van der Waals surface area contributed by atoms with Crippen molar-refractivity contribution in [3.05, 3.63) is 29.7 Å². The number of fused-ring (bicyclic) bond motifs is 1. The van der Waals surface area contributed by atoms with Crippen LogP contribution in [-0.2, 0) is 11.0 Å². The number of alkyl halides is 6. The molecule has 29 heavy (non-hydrogen) atoms. The molecule has 2 aromatic rings. The lowest BCUT2D eigenvalue weighted by atomic mass is 9.96. The molecular formula is C17H19F6N5O. The number of rotatable bonds is 4. The molecule has 1 N–H and O–H groups in total. The Bertz CT molecular complexity index is 877. The van der Waals surface area contributed by atoms with E-state index in [0.29, 0.717) is 25.2 Å². The number of nitrogens with zero attached hydrogens (tertiary/aromatic N) is 4. The summed E-state index contributed by atoms with van der Waals surface area (Å²) in [4.78, 5) is 13.7. The van der Waals surface area contributed by atoms with Crippen molar-refractivity contribution in [2.45, 2.75) is 44.1 Å². The smallest absolute Gasteiger partial charge is 0.346 e. The van der Waals surface area contributed by atoms with Crippen LogP contribution in [0, 0.1) is 0 Å². The molecule has 0 radical (unpaired) electrons. The molecule has 2 unspecified atom stereocenters. The third-order valence-corrected chi connectivity index (χ3v) is 4.96. The molecule has 2 aromatic heterocycles. The van der Waals surface area contributed by atoms with Gasteiger partial charge in [0, 0.05) is 18.7 Å². The molecule has 1 aliphatic rings. The average molecular weight is 423 g/mol. The highest BCUT2D eigenvalue weighted by atomic mass is 19.4. The van der Waals surface area contributed by atoms with Crippen LogP contribution >= 0.6 is 0 Å². The summed E-state index contributed by atoms with van der Waals surface area (Å²) in [6, 6.07) is 1.34. The van der Waals surface area contributed by atoms with Gasteiger partial charge in [0.25, 0.3) is 0 Å². The molecule has 3 rings (SSSR count). The lowest BCUT2D eigenvalue weighted by Gasteiger charge is -2.35. The van der Waals surface area contributed by atoms with Crippen LogP contribution in [-0.4, -0.2) is 57.3 Å². The van der Waals surface area contributed by atoms with Crippen LogP contribution in [0.15, 0.2) is 18.3 Å². The van der Waals surface area contributed by atoms with E-state index in [4.69, 9.17) is 0 Å². The van der Waals surface area contributed by atoms with Gasteiger partial charge in [0.2, 0.25) is 5.91 Å². The van der Waals surface area contributed by atoms with E-state index in [2.05, 4.69) is 10.2 Å². The highest BCUT2D eigenvalue weighted by Crippen LogP contribution is 2.31. The summed E-state index contributed by atoms with van der Waals surface area (Å²) in [5.74, 6) is -0.729. The zero-order valence-electron chi connectivity index (χ0n) is 15.4. The third-order valence-electron chi connectivity index (χ3n) is 4.96. The molecule has 1 saturated heterocycles. The van der Waals surface area contributed by atoms with Crippen molar-refractivity contribution in [3.8, 4) is 0 Å². The third kappa shape index (κ3) is 4.98. The van der Waals surface area contributed by atoms with Gasteiger partial charge in [-0.2, -0.15) is 26.3 Å². The summed E-state index contributed by atoms with van der Waals surface area (Å²) < 4.78 is 77.3. The van der Waals surface area contributed by atoms with E-state index in [0.717, 1.165) is 12.3 Å². The Hall–Kier alpha value is -2.37. The van der Waals surface area contributed by atoms with Crippen LogP contribution < -0.4 is 5.32 Å². The van der Waals surface area contributed by atoms with Crippen molar-refractivity contribution < 1.29 is 31.1 Å². The van der Waals surface area contributed by atoms with Gasteiger partial charge in [0.15, 0.2) is 5.65 Å². The van der Waals surface area contributed by atoms with E-state index in [1.807, 2.05) is 5.32 Å². The number of halogens is 6. The Labute approximate surface area is 161 Å². The number of amides is 1. The van der Waals surface area contributed by atoms with E-state index in [1.54, 1.807) is 4.90 Å². The second-order valence-electron chi connectivity index (χ2n) is 7.04. The first kappa shape index (κ1) is 21.3. The topological polar surface area (TPSA) is 62.5 Å². The number of aromatic nitrogens is 3. The van der Waals surface area contributed by atoms with Gasteiger partial charge >= 0.3 is 12.4 Å². The van der Waals surface area contributed by atoms with Crippen molar-refractivity contribution in [1.29, 1.82) is 0 Å². The Kier molecular flexibility index (Phi) is 5.74. The Balaban J connectivity index is 1.76. The van der Waals surface area contributed by atoms with Crippen molar-refractivity contribution in [3.63, 3.8) is 0 Å². The van der Waals surface area contributed by atoms with Gasteiger partial charge < -0.3 is 5.32 Å². The molecule has 0 bridgehead atoms. The van der Waals surface area contributed by atoms with Crippen molar-refractivity contribution in [1.82, 2.24) is 24.8 Å². The molecule has 1 fully saturated rings. The normalized spacial score (nSPS) is 20.0. The first-order valence-corrected chi connectivity index (χ1v) is 8.96. The van der Waals surface area contributed by atoms with Crippen LogP contribution in [0.3, 0.4) is 0 Å². The summed E-state index contributed by atoms with van der Waals surface area (Å²) in [6.45, 7) is 0.847. The van der Waals surface area contributed by atoms with E-state index >= 15 is 0 Å². The van der Waals surface area contributed by atoms with Crippen molar-refractivity contribution in [2.75, 3.05) is 19.6 Å². The van der Waals surface area contributed by atoms with E-state index in [-0.39, 0.29) is 18.1 Å². The SMILES string of the molecule is CC(C(=O)NCC(F)(F)F)N1CCCC(c2nnc3ccc(C(F)(F)F)cn23)C1. The van der Waals surface area contributed by atoms with Crippen molar-refractivity contribution in [2.24, 2.45) is 0 Å². The van der Waals surface area contributed by atoms with Crippen LogP contribution in [0.5, 0.6) is 0 Å². The predicted molar refractivity (Wildman–Crippen MR) is 90.1 cm³/mol. The van der Waals surface area contributed by atoms with E-state index in [9.17, 15) is 31.1 Å². The molecule has 3 heterocycles. The molecule has 1 amide bonds. The Morgan fingerprint density at radius 1 is 1.24 bits per heavy atom. The minimum absolute atomic E-state index is 0.265. The second-order valence-corrected chi connectivity index (χ2v) is 7.04. The van der Waals surface area contributed by atoms with Gasteiger partial charge in [0.05, 0.1) is 11.6 Å². The molecule has 1 aliphatic heterocycles. The largest absolute Gasteiger partial charge is 0.417 e. The number of hydrogen-bond acceptors (Lipinski definition) is 4. The highest BCUT2D eigenvalue weighted by molar-refractivity contribution is 5.81. The van der Waals surface area contributed by atoms with Gasteiger partial charge in [-0.1, -0.05) is 0 Å². The fourth-order valence-electron chi connectivity index (χ4n) is 3.42. The number of likely N-dealkylation sites (tertiary alicyclic amines) is 1. The maximum Gasteiger partial charge on any atom is 0.417 e. The molecule has 160 valence electrons. The van der Waals surface area contributed by atoms with Gasteiger partial charge in [-0.05, 0) is 38.4 Å². The number of piperidine rings is 1. The lowest BCUT2D eigenvalue weighted by molar-refractivity contribution is -0.141. The molecule has 0 aromatic carbocycles. The number of hydrogen-bond donors (Lipinski definition) is 1. The van der Waals surface area contributed by atoms with Gasteiger partial charge in [0.1, 0.15) is 12.4 Å². The summed E-state index contributed by atoms with van der Waals surface area (Å²) in [6.07, 6.45) is -6.85. The molecular weight excluding hydrogens is 404 g/mol. The fraction of sp³-hybridized carbons (Fsp3) is 0.588. The minimum atomic E-state index is -4.51. The molecule has 0 aliphatic carbocycles. The first-order chi connectivity index (χ1) is 13.5. The monoisotopic (exact) mass is 423 g/mol. The zero-order valence-corrected chi connectivity index (χ0v) is 15.4. The maximum atomic E-state index is 13.0. The Morgan fingerprint density at radius 3 is 2.62 bits per heavy atom. The van der Waals surface area contributed by atoms with Gasteiger partial charge in [-0.3, -0.25) is 14.1 Å². The summed E-state index contributed by atoms with van der Waals surface area (Å²) in [7, 11) is 0. The zero-order chi connectivity index (χ0) is 21.4. The minimum Gasteiger partial charge on any atom is -0.346 e. The number of carbonyl (C=O) groups is 1. The fourth-order valence-corrected chi connectivity index (χ4v) is 3.42. The molecule has 0 saturated carbocycles. The molecule has 0 spiro atoms. The lowest BCUT2D eigenvalue weighted by Crippen LogP contribution is -2.50. The van der Waals surface area contributed by atoms with Crippen LogP contribution in [0.1, 0.15) is 37.1 Å². The van der Waals surface area contributed by atoms with E-state index < -0.39 is 36.4 Å². The molecule has 2 atom stereocenters. The first-order valence-electron chi connectivity index (χ1n) is 8.96. The van der Waals surface area contributed by atoms with Crippen LogP contribution in [0.25, 0.3) is 5.65 Å². The average Bonchev–Trinajstić information content (AvgIpc) is 3.07. The highest BCUT2D eigenvalue weighted by Gasteiger charge is 2.34. The summed E-state index contributed by atoms with van der Waals surface area (Å²) >= 11 is 0. The summed E-state index contributed by atoms with van der Waals surface area (Å²) in [5.41, 5.74) is -0.570. The molecule has 6 nitrogen and oxygen atoms in total. The molecule has 12 heteroatoms. The van der Waals surface area contributed by atoms with E-state index in [1.165, 1.54) is 17.4 Å². The Morgan fingerprint density at radius 2 is 1.97 bits per heavy atom. The van der Waals surface area contributed by atoms with Gasteiger partial charge in [-0.25, -0.2) is 0 Å². The van der Waals surface area contributed by atoms with Gasteiger partial charge in [-0.15, -0.1) is 10.2 Å². The number of pyridine rings is 1.